The molecule has 1 aromatic carbocycles. The van der Waals surface area contributed by atoms with Crippen LogP contribution in [0.3, 0.4) is 0 Å². The minimum atomic E-state index is -1.30. The zero-order valence-corrected chi connectivity index (χ0v) is 11.5. The molecule has 2 aromatic heterocycles. The van der Waals surface area contributed by atoms with E-state index in [0.29, 0.717) is 12.4 Å². The average Bonchev–Trinajstić information content (AvgIpc) is 2.54. The topological polar surface area (TPSA) is 80.9 Å². The van der Waals surface area contributed by atoms with Crippen molar-refractivity contribution in [2.75, 3.05) is 0 Å². The number of benzene rings is 1. The Kier molecular flexibility index (Phi) is 3.57. The lowest BCUT2D eigenvalue weighted by molar-refractivity contribution is 0.0694. The molecule has 6 nitrogen and oxygen atoms in total. The lowest BCUT2D eigenvalue weighted by Crippen LogP contribution is -2.22. The van der Waals surface area contributed by atoms with Crippen molar-refractivity contribution in [2.24, 2.45) is 0 Å². The molecule has 22 heavy (non-hydrogen) atoms. The monoisotopic (exact) mass is 296 g/mol. The molecule has 0 aliphatic rings. The zero-order valence-electron chi connectivity index (χ0n) is 11.5. The van der Waals surface area contributed by atoms with Gasteiger partial charge in [-0.2, -0.15) is 0 Å². The molecule has 0 bridgehead atoms. The Hall–Kier alpha value is -3.15. The van der Waals surface area contributed by atoms with E-state index >= 15 is 0 Å². The fraction of sp³-hybridized carbons (Fsp3) is 0.0625. The van der Waals surface area contributed by atoms with Crippen LogP contribution in [-0.4, -0.2) is 20.5 Å². The quantitative estimate of drug-likeness (QED) is 0.796. The molecule has 0 saturated heterocycles. The molecule has 2 heterocycles. The number of pyridine rings is 1. The Bertz CT molecular complexity index is 888. The Labute approximate surface area is 125 Å². The Morgan fingerprint density at radius 3 is 2.68 bits per heavy atom. The summed E-state index contributed by atoms with van der Waals surface area (Å²) in [5.41, 5.74) is 0.253. The molecule has 0 aliphatic heterocycles. The molecule has 110 valence electrons. The summed E-state index contributed by atoms with van der Waals surface area (Å²) in [7, 11) is 0. The van der Waals surface area contributed by atoms with E-state index in [9.17, 15) is 9.59 Å². The average molecular weight is 296 g/mol. The van der Waals surface area contributed by atoms with Gasteiger partial charge in [0.15, 0.2) is 11.4 Å². The van der Waals surface area contributed by atoms with Gasteiger partial charge >= 0.3 is 5.97 Å². The minimum absolute atomic E-state index is 0.286. The summed E-state index contributed by atoms with van der Waals surface area (Å²) in [5, 5.41) is 8.96. The molecule has 0 amide bonds. The molecule has 0 aliphatic carbocycles. The maximum atomic E-state index is 12.1. The molecule has 3 rings (SSSR count). The van der Waals surface area contributed by atoms with Crippen molar-refractivity contribution in [1.82, 2.24) is 9.38 Å². The molecule has 6 heteroatoms. The van der Waals surface area contributed by atoms with Gasteiger partial charge in [0.2, 0.25) is 0 Å². The number of carboxylic acids is 1. The summed E-state index contributed by atoms with van der Waals surface area (Å²) in [6.45, 7) is 0.330. The predicted molar refractivity (Wildman–Crippen MR) is 79.2 cm³/mol. The number of carbonyl (C=O) groups is 1. The molecule has 3 aromatic rings. The normalized spacial score (nSPS) is 10.5. The minimum Gasteiger partial charge on any atom is -0.485 e. The second-order valence-electron chi connectivity index (χ2n) is 4.62. The van der Waals surface area contributed by atoms with Crippen LogP contribution < -0.4 is 10.3 Å². The number of nitrogens with zero attached hydrogens (tertiary/aromatic N) is 2. The molecule has 0 atom stereocenters. The van der Waals surface area contributed by atoms with E-state index in [1.165, 1.54) is 10.6 Å². The van der Waals surface area contributed by atoms with Crippen molar-refractivity contribution < 1.29 is 14.6 Å². The van der Waals surface area contributed by atoms with Gasteiger partial charge in [0, 0.05) is 12.4 Å². The molecule has 0 saturated carbocycles. The predicted octanol–water partition coefficient (Wildman–Crippen LogP) is 1.97. The smallest absolute Gasteiger partial charge is 0.342 e. The van der Waals surface area contributed by atoms with Crippen LogP contribution in [0.4, 0.5) is 0 Å². The van der Waals surface area contributed by atoms with Gasteiger partial charge < -0.3 is 9.84 Å². The Morgan fingerprint density at radius 2 is 1.95 bits per heavy atom. The van der Waals surface area contributed by atoms with Gasteiger partial charge in [-0.25, -0.2) is 9.78 Å². The van der Waals surface area contributed by atoms with Gasteiger partial charge in [0.1, 0.15) is 12.2 Å². The molecule has 1 N–H and O–H groups in total. The van der Waals surface area contributed by atoms with Gasteiger partial charge in [-0.05, 0) is 17.7 Å². The van der Waals surface area contributed by atoms with Crippen molar-refractivity contribution in [3.05, 3.63) is 76.3 Å². The third-order valence-electron chi connectivity index (χ3n) is 3.16. The van der Waals surface area contributed by atoms with Crippen molar-refractivity contribution in [1.29, 1.82) is 0 Å². The Morgan fingerprint density at radius 1 is 1.18 bits per heavy atom. The second kappa shape index (κ2) is 5.69. The summed E-state index contributed by atoms with van der Waals surface area (Å²) in [5.74, 6) is -0.886. The van der Waals surface area contributed by atoms with Crippen molar-refractivity contribution >= 4 is 11.6 Å². The maximum Gasteiger partial charge on any atom is 0.342 e. The first kappa shape index (κ1) is 13.8. The van der Waals surface area contributed by atoms with Crippen molar-refractivity contribution in [3.8, 4) is 5.75 Å². The van der Waals surface area contributed by atoms with Gasteiger partial charge in [0.05, 0.1) is 0 Å². The molecular formula is C16H12N2O4. The lowest BCUT2D eigenvalue weighted by Gasteiger charge is -2.09. The summed E-state index contributed by atoms with van der Waals surface area (Å²) in [6, 6.07) is 12.9. The lowest BCUT2D eigenvalue weighted by atomic mass is 10.2. The van der Waals surface area contributed by atoms with Crippen LogP contribution in [0.1, 0.15) is 15.9 Å². The standard InChI is InChI=1S/C16H12N2O4/c19-15-12(16(20)21)9-17-14-13(7-4-8-18(14)15)22-10-11-5-2-1-3-6-11/h1-9H,10H2,(H,20,21). The molecule has 0 radical (unpaired) electrons. The van der Waals surface area contributed by atoms with Gasteiger partial charge in [-0.3, -0.25) is 9.20 Å². The third-order valence-corrected chi connectivity index (χ3v) is 3.16. The van der Waals surface area contributed by atoms with E-state index < -0.39 is 11.5 Å². The largest absolute Gasteiger partial charge is 0.485 e. The third kappa shape index (κ3) is 2.54. The fourth-order valence-electron chi connectivity index (χ4n) is 2.08. The highest BCUT2D eigenvalue weighted by molar-refractivity contribution is 5.87. The van der Waals surface area contributed by atoms with Crippen molar-refractivity contribution in [2.45, 2.75) is 6.61 Å². The molecule has 0 spiro atoms. The van der Waals surface area contributed by atoms with E-state index in [2.05, 4.69) is 4.98 Å². The number of rotatable bonds is 4. The van der Waals surface area contributed by atoms with Crippen LogP contribution >= 0.6 is 0 Å². The number of carboxylic acid groups (broad SMARTS) is 1. The van der Waals surface area contributed by atoms with Crippen LogP contribution in [0.25, 0.3) is 5.65 Å². The van der Waals surface area contributed by atoms with Gasteiger partial charge in [-0.15, -0.1) is 0 Å². The van der Waals surface area contributed by atoms with Crippen LogP contribution in [0.5, 0.6) is 5.75 Å². The first-order valence-corrected chi connectivity index (χ1v) is 6.57. The summed E-state index contributed by atoms with van der Waals surface area (Å²) in [6.07, 6.45) is 2.52. The number of hydrogen-bond donors (Lipinski definition) is 1. The number of fused-ring (bicyclic) bond motifs is 1. The number of ether oxygens (including phenoxy) is 1. The zero-order chi connectivity index (χ0) is 15.5. The van der Waals surface area contributed by atoms with Gasteiger partial charge in [0.25, 0.3) is 5.56 Å². The summed E-state index contributed by atoms with van der Waals surface area (Å²) in [4.78, 5) is 27.1. The highest BCUT2D eigenvalue weighted by Crippen LogP contribution is 2.17. The molecule has 0 unspecified atom stereocenters. The summed E-state index contributed by atoms with van der Waals surface area (Å²) >= 11 is 0. The van der Waals surface area contributed by atoms with Crippen LogP contribution in [0, 0.1) is 0 Å². The van der Waals surface area contributed by atoms with Crippen LogP contribution in [-0.2, 0) is 6.61 Å². The molecule has 0 fully saturated rings. The van der Waals surface area contributed by atoms with E-state index in [-0.39, 0.29) is 11.2 Å². The number of aromatic carboxylic acids is 1. The van der Waals surface area contributed by atoms with E-state index in [1.807, 2.05) is 30.3 Å². The number of aromatic nitrogens is 2. The highest BCUT2D eigenvalue weighted by atomic mass is 16.5. The fourth-order valence-corrected chi connectivity index (χ4v) is 2.08. The van der Waals surface area contributed by atoms with E-state index in [4.69, 9.17) is 9.84 Å². The van der Waals surface area contributed by atoms with E-state index in [1.54, 1.807) is 12.1 Å². The summed E-state index contributed by atoms with van der Waals surface area (Å²) < 4.78 is 6.86. The first-order chi connectivity index (χ1) is 10.7. The van der Waals surface area contributed by atoms with Gasteiger partial charge in [-0.1, -0.05) is 30.3 Å². The highest BCUT2D eigenvalue weighted by Gasteiger charge is 2.13. The Balaban J connectivity index is 1.99. The maximum absolute atomic E-state index is 12.1. The van der Waals surface area contributed by atoms with Crippen LogP contribution in [0.2, 0.25) is 0 Å². The van der Waals surface area contributed by atoms with E-state index in [0.717, 1.165) is 11.8 Å². The first-order valence-electron chi connectivity index (χ1n) is 6.57. The van der Waals surface area contributed by atoms with Crippen LogP contribution in [0.15, 0.2) is 59.7 Å². The van der Waals surface area contributed by atoms with Crippen molar-refractivity contribution in [3.63, 3.8) is 0 Å². The SMILES string of the molecule is O=C(O)c1cnc2c(OCc3ccccc3)cccn2c1=O. The molecular weight excluding hydrogens is 284 g/mol. The number of hydrogen-bond acceptors (Lipinski definition) is 4. The second-order valence-corrected chi connectivity index (χ2v) is 4.62.